The number of aldehydes is 2. The lowest BCUT2D eigenvalue weighted by atomic mass is 10.1. The molecule has 2 aromatic rings. The molecular weight excluding hydrogens is 647 g/mol. The second-order valence-electron chi connectivity index (χ2n) is 12.4. The first-order valence-corrected chi connectivity index (χ1v) is 19.6. The van der Waals surface area contributed by atoms with Gasteiger partial charge in [0.15, 0.2) is 0 Å². The number of aryl methyl sites for hydroxylation is 1. The summed E-state index contributed by atoms with van der Waals surface area (Å²) in [4.78, 5) is 22.6. The summed E-state index contributed by atoms with van der Waals surface area (Å²) in [5, 5.41) is 14.8. The number of rotatable bonds is 18. The number of nitrogens with zero attached hydrogens (tertiary/aromatic N) is 2. The van der Waals surface area contributed by atoms with Crippen LogP contribution in [0.15, 0.2) is 51.9 Å². The fourth-order valence-corrected chi connectivity index (χ4v) is 5.41. The van der Waals surface area contributed by atoms with Gasteiger partial charge >= 0.3 is 0 Å². The van der Waals surface area contributed by atoms with Gasteiger partial charge in [0.1, 0.15) is 18.3 Å². The van der Waals surface area contributed by atoms with E-state index in [1.807, 2.05) is 18.8 Å². The van der Waals surface area contributed by atoms with Crippen LogP contribution in [-0.4, -0.2) is 67.1 Å². The Balaban J connectivity index is 0. The number of aromatic nitrogens is 1. The third-order valence-corrected chi connectivity index (χ3v) is 8.25. The highest BCUT2D eigenvalue weighted by Gasteiger charge is 2.15. The fraction of sp³-hybridized carbons (Fsp3) is 0.634. The number of thioether (sulfide) groups is 1. The zero-order valence-electron chi connectivity index (χ0n) is 32.8. The molecule has 0 saturated carbocycles. The van der Waals surface area contributed by atoms with Crippen molar-refractivity contribution >= 4 is 29.2 Å². The molecular formula is C41H71N3O5S. The van der Waals surface area contributed by atoms with Crippen molar-refractivity contribution in [1.29, 1.82) is 0 Å². The van der Waals surface area contributed by atoms with Gasteiger partial charge < -0.3 is 34.6 Å². The van der Waals surface area contributed by atoms with Crippen molar-refractivity contribution in [1.82, 2.24) is 10.1 Å². The standard InChI is InChI=1S/C18H26S.C13H22N2O3.C5H11NO.C3H8.C2H4O/c1-5-7-9-16-10-12-17(13-11-16)18(15(3)4)19-14-8-6-2;14-8-5-3-1-2-4-6-10-17-13-11-12(7-9-16)18-15-13;1-6-3-2-5(7)4-6;1-3-2;1-2-3/h8,10-14H,5-7,9H2,1-4H3;9,11H,1-8,10,14H2;5,7H,2-4H2,1H3;3H2,1-2H3;2H,1H3/b14-8+;;;;. The van der Waals surface area contributed by atoms with E-state index >= 15 is 0 Å². The van der Waals surface area contributed by atoms with Crippen molar-refractivity contribution in [2.45, 2.75) is 138 Å². The molecule has 9 heteroatoms. The number of β-amino-alcohol motifs (C(OH)–C–C–N with tert-alkyl or cyclic N) is 1. The van der Waals surface area contributed by atoms with Crippen molar-refractivity contribution in [3.05, 3.63) is 64.3 Å². The lowest BCUT2D eigenvalue weighted by molar-refractivity contribution is -0.107. The summed E-state index contributed by atoms with van der Waals surface area (Å²) in [6, 6.07) is 10.7. The van der Waals surface area contributed by atoms with E-state index in [-0.39, 0.29) is 12.5 Å². The highest BCUT2D eigenvalue weighted by molar-refractivity contribution is 8.10. The Morgan fingerprint density at radius 2 is 1.66 bits per heavy atom. The minimum Gasteiger partial charge on any atom is -0.476 e. The van der Waals surface area contributed by atoms with Gasteiger partial charge in [-0.1, -0.05) is 114 Å². The van der Waals surface area contributed by atoms with Crippen LogP contribution in [0.4, 0.5) is 0 Å². The van der Waals surface area contributed by atoms with E-state index in [4.69, 9.17) is 24.9 Å². The first kappa shape index (κ1) is 49.4. The molecule has 0 bridgehead atoms. The quantitative estimate of drug-likeness (QED) is 0.115. The number of carbonyl (C=O) groups is 2. The predicted octanol–water partition coefficient (Wildman–Crippen LogP) is 9.84. The molecule has 50 heavy (non-hydrogen) atoms. The summed E-state index contributed by atoms with van der Waals surface area (Å²) in [7, 11) is 2.02. The molecule has 1 unspecified atom stereocenters. The molecule has 1 aromatic carbocycles. The first-order chi connectivity index (χ1) is 24.2. The molecule has 1 aliphatic heterocycles. The van der Waals surface area contributed by atoms with Crippen LogP contribution in [-0.2, 0) is 22.4 Å². The molecule has 3 rings (SSSR count). The van der Waals surface area contributed by atoms with Crippen LogP contribution in [0.25, 0.3) is 4.91 Å². The summed E-state index contributed by atoms with van der Waals surface area (Å²) in [6.07, 6.45) is 18.0. The Morgan fingerprint density at radius 1 is 1.04 bits per heavy atom. The van der Waals surface area contributed by atoms with E-state index in [2.05, 4.69) is 87.3 Å². The van der Waals surface area contributed by atoms with E-state index in [9.17, 15) is 4.79 Å². The van der Waals surface area contributed by atoms with Gasteiger partial charge in [0.25, 0.3) is 5.88 Å². The third-order valence-electron chi connectivity index (χ3n) is 7.04. The van der Waals surface area contributed by atoms with Gasteiger partial charge in [-0.25, -0.2) is 0 Å². The van der Waals surface area contributed by atoms with Crippen LogP contribution >= 0.6 is 11.8 Å². The van der Waals surface area contributed by atoms with Crippen LogP contribution < -0.4 is 10.5 Å². The zero-order valence-corrected chi connectivity index (χ0v) is 33.6. The van der Waals surface area contributed by atoms with Gasteiger partial charge in [-0.2, -0.15) is 0 Å². The van der Waals surface area contributed by atoms with E-state index in [0.29, 0.717) is 18.2 Å². The molecule has 0 aliphatic carbocycles. The van der Waals surface area contributed by atoms with Crippen molar-refractivity contribution in [2.75, 3.05) is 33.3 Å². The number of allylic oxidation sites excluding steroid dienone is 2. The van der Waals surface area contributed by atoms with Crippen molar-refractivity contribution in [3.8, 4) is 5.88 Å². The number of aliphatic hydroxyl groups is 1. The fourth-order valence-electron chi connectivity index (χ4n) is 4.47. The normalized spacial score (nSPS) is 13.4. The average Bonchev–Trinajstić information content (AvgIpc) is 3.72. The van der Waals surface area contributed by atoms with Gasteiger partial charge in [0.05, 0.1) is 19.1 Å². The molecule has 8 nitrogen and oxygen atoms in total. The Labute approximate surface area is 309 Å². The van der Waals surface area contributed by atoms with Gasteiger partial charge in [-0.05, 0) is 94.6 Å². The maximum atomic E-state index is 10.3. The molecule has 1 atom stereocenters. The van der Waals surface area contributed by atoms with Crippen molar-refractivity contribution < 1.29 is 24.0 Å². The second-order valence-corrected chi connectivity index (χ2v) is 13.4. The molecule has 2 heterocycles. The maximum absolute atomic E-state index is 10.3. The number of nitrogens with two attached hydrogens (primary N) is 1. The minimum atomic E-state index is -0.0509. The van der Waals surface area contributed by atoms with Crippen LogP contribution in [0.2, 0.25) is 0 Å². The Hall–Kier alpha value is -2.72. The number of likely N-dealkylation sites (tertiary alicyclic amines) is 1. The number of likely N-dealkylation sites (N-methyl/N-ethyl adjacent to an activating group) is 1. The number of benzene rings is 1. The smallest absolute Gasteiger partial charge is 0.254 e. The Morgan fingerprint density at radius 3 is 2.14 bits per heavy atom. The monoisotopic (exact) mass is 718 g/mol. The van der Waals surface area contributed by atoms with Gasteiger partial charge in [-0.3, -0.25) is 0 Å². The number of ether oxygens (including phenoxy) is 1. The highest BCUT2D eigenvalue weighted by atomic mass is 32.2. The predicted molar refractivity (Wildman–Crippen MR) is 215 cm³/mol. The molecule has 0 radical (unpaired) electrons. The topological polar surface area (TPSA) is 119 Å². The minimum absolute atomic E-state index is 0.0509. The summed E-state index contributed by atoms with van der Waals surface area (Å²) >= 11 is 1.83. The van der Waals surface area contributed by atoms with Gasteiger partial charge in [0, 0.05) is 24.1 Å². The molecule has 1 aromatic heterocycles. The molecule has 0 spiro atoms. The Kier molecular flexibility index (Phi) is 35.6. The molecule has 1 fully saturated rings. The molecule has 0 amide bonds. The first-order valence-electron chi connectivity index (χ1n) is 18.7. The SMILES string of the molecule is CC/C=C/SC(=C(C)C)c1ccc(CCCC)cc1.CC=O.CCC.CN1CCC(O)C1.NCCCCCCCCOc1cc(CC=O)on1. The average molecular weight is 718 g/mol. The summed E-state index contributed by atoms with van der Waals surface area (Å²) < 4.78 is 10.3. The number of aliphatic hydroxyl groups excluding tert-OH is 1. The molecule has 3 N–H and O–H groups in total. The van der Waals surface area contributed by atoms with E-state index in [1.54, 1.807) is 6.07 Å². The number of carbonyl (C=O) groups excluding carboxylic acids is 2. The van der Waals surface area contributed by atoms with Crippen molar-refractivity contribution in [3.63, 3.8) is 0 Å². The van der Waals surface area contributed by atoms with E-state index in [1.165, 1.54) is 73.5 Å². The number of hydrogen-bond acceptors (Lipinski definition) is 9. The summed E-state index contributed by atoms with van der Waals surface area (Å²) in [5.41, 5.74) is 9.59. The van der Waals surface area contributed by atoms with Gasteiger partial charge in [0.2, 0.25) is 0 Å². The van der Waals surface area contributed by atoms with Crippen LogP contribution in [0.3, 0.4) is 0 Å². The molecule has 1 saturated heterocycles. The van der Waals surface area contributed by atoms with Gasteiger partial charge in [-0.15, -0.1) is 0 Å². The van der Waals surface area contributed by atoms with E-state index in [0.717, 1.165) is 64.3 Å². The summed E-state index contributed by atoms with van der Waals surface area (Å²) in [5.74, 6) is 1.01. The van der Waals surface area contributed by atoms with E-state index < -0.39 is 0 Å². The zero-order chi connectivity index (χ0) is 37.8. The van der Waals surface area contributed by atoms with Crippen molar-refractivity contribution in [2.24, 2.45) is 5.73 Å². The molecule has 1 aliphatic rings. The number of hydrogen-bond donors (Lipinski definition) is 2. The van der Waals surface area contributed by atoms with Crippen LogP contribution in [0.5, 0.6) is 5.88 Å². The Bertz CT molecular complexity index is 1110. The molecule has 286 valence electrons. The largest absolute Gasteiger partial charge is 0.476 e. The van der Waals surface area contributed by atoms with Crippen LogP contribution in [0, 0.1) is 0 Å². The second kappa shape index (κ2) is 36.1. The third kappa shape index (κ3) is 29.1. The maximum Gasteiger partial charge on any atom is 0.254 e. The lowest BCUT2D eigenvalue weighted by Gasteiger charge is -2.09. The lowest BCUT2D eigenvalue weighted by Crippen LogP contribution is -2.15. The van der Waals surface area contributed by atoms with Crippen LogP contribution in [0.1, 0.15) is 136 Å². The number of unbranched alkanes of at least 4 members (excludes halogenated alkanes) is 6. The summed E-state index contributed by atoms with van der Waals surface area (Å²) in [6.45, 7) is 17.8. The highest BCUT2D eigenvalue weighted by Crippen LogP contribution is 2.32.